The van der Waals surface area contributed by atoms with Gasteiger partial charge in [-0.25, -0.2) is 0 Å². The van der Waals surface area contributed by atoms with Gasteiger partial charge in [-0.1, -0.05) is 0 Å². The van der Waals surface area contributed by atoms with Crippen LogP contribution in [0.3, 0.4) is 0 Å². The van der Waals surface area contributed by atoms with Crippen LogP contribution in [0.4, 0.5) is 0 Å². The molecule has 12 heavy (non-hydrogen) atoms. The Balaban J connectivity index is 1.80. The van der Waals surface area contributed by atoms with Crippen LogP contribution in [0.25, 0.3) is 0 Å². The second-order valence-electron chi connectivity index (χ2n) is 4.45. The molecular weight excluding hydrogens is 156 g/mol. The van der Waals surface area contributed by atoms with Crippen LogP contribution in [0.1, 0.15) is 6.42 Å². The van der Waals surface area contributed by atoms with Crippen LogP contribution in [0.15, 0.2) is 0 Å². The average molecular weight is 166 g/mol. The van der Waals surface area contributed by atoms with E-state index in [9.17, 15) is 4.79 Å². The summed E-state index contributed by atoms with van der Waals surface area (Å²) in [6.45, 7) is 0.664. The number of fused-ring (bicyclic) bond motifs is 8. The first-order valence-electron chi connectivity index (χ1n) is 4.68. The van der Waals surface area contributed by atoms with E-state index in [1.54, 1.807) is 0 Å². The summed E-state index contributed by atoms with van der Waals surface area (Å²) in [4.78, 5) is 11.3. The molecule has 2 saturated heterocycles. The molecule has 4 fully saturated rings. The topological polar surface area (TPSA) is 38.8 Å². The fourth-order valence-corrected chi connectivity index (χ4v) is 3.61. The van der Waals surface area contributed by atoms with Gasteiger partial charge in [-0.15, -0.1) is 0 Å². The van der Waals surface area contributed by atoms with E-state index in [1.807, 2.05) is 0 Å². The second kappa shape index (κ2) is 1.55. The van der Waals surface area contributed by atoms with Gasteiger partial charge < -0.3 is 9.47 Å². The summed E-state index contributed by atoms with van der Waals surface area (Å²) in [5, 5.41) is 0. The maximum absolute atomic E-state index is 11.3. The Hall–Kier alpha value is -0.570. The molecule has 0 N–H and O–H groups in total. The molecule has 2 bridgehead atoms. The summed E-state index contributed by atoms with van der Waals surface area (Å²) in [5.41, 5.74) is 0. The lowest BCUT2D eigenvalue weighted by Gasteiger charge is -2.15. The normalized spacial score (nSPS) is 64.5. The Kier molecular flexibility index (Phi) is 0.773. The van der Waals surface area contributed by atoms with Gasteiger partial charge in [0, 0.05) is 11.8 Å². The van der Waals surface area contributed by atoms with Crippen molar-refractivity contribution < 1.29 is 14.3 Å². The number of carbonyl (C=O) groups excluding carboxylic acids is 1. The van der Waals surface area contributed by atoms with Gasteiger partial charge in [0.25, 0.3) is 0 Å². The lowest BCUT2D eigenvalue weighted by atomic mass is 9.81. The highest BCUT2D eigenvalue weighted by molar-refractivity contribution is 5.76. The standard InChI is InChI=1S/C9H10O3/c10-9-6-4-1-3(5(6)2-11-9)7-8(4)12-7/h3-8H,1-2H2/t3-,4+,5-,6+,7+,8-/m0/s1. The molecule has 3 heteroatoms. The van der Waals surface area contributed by atoms with E-state index >= 15 is 0 Å². The monoisotopic (exact) mass is 166 g/mol. The molecular formula is C9H10O3. The second-order valence-corrected chi connectivity index (χ2v) is 4.45. The minimum absolute atomic E-state index is 0.0430. The molecule has 0 aromatic heterocycles. The summed E-state index contributed by atoms with van der Waals surface area (Å²) < 4.78 is 10.6. The van der Waals surface area contributed by atoms with Gasteiger partial charge >= 0.3 is 5.97 Å². The molecule has 0 unspecified atom stereocenters. The number of epoxide rings is 1. The average Bonchev–Trinajstić information content (AvgIpc) is 2.50. The van der Waals surface area contributed by atoms with E-state index in [0.29, 0.717) is 36.6 Å². The highest BCUT2D eigenvalue weighted by Gasteiger charge is 2.70. The van der Waals surface area contributed by atoms with Gasteiger partial charge in [0.05, 0.1) is 24.7 Å². The van der Waals surface area contributed by atoms with E-state index < -0.39 is 0 Å². The van der Waals surface area contributed by atoms with Gasteiger partial charge in [-0.2, -0.15) is 0 Å². The number of carbonyl (C=O) groups is 1. The molecule has 64 valence electrons. The van der Waals surface area contributed by atoms with E-state index in [0.717, 1.165) is 0 Å². The van der Waals surface area contributed by atoms with Crippen LogP contribution in [-0.4, -0.2) is 24.8 Å². The van der Waals surface area contributed by atoms with Crippen molar-refractivity contribution in [3.8, 4) is 0 Å². The highest BCUT2D eigenvalue weighted by Crippen LogP contribution is 2.63. The molecule has 3 nitrogen and oxygen atoms in total. The predicted molar refractivity (Wildman–Crippen MR) is 38.2 cm³/mol. The van der Waals surface area contributed by atoms with Crippen molar-refractivity contribution >= 4 is 5.97 Å². The molecule has 0 amide bonds. The molecule has 4 aliphatic rings. The van der Waals surface area contributed by atoms with Crippen LogP contribution in [0.5, 0.6) is 0 Å². The quantitative estimate of drug-likeness (QED) is 0.381. The van der Waals surface area contributed by atoms with Gasteiger partial charge in [0.1, 0.15) is 0 Å². The Bertz CT molecular complexity index is 273. The molecule has 0 radical (unpaired) electrons. The summed E-state index contributed by atoms with van der Waals surface area (Å²) in [5.74, 6) is 1.92. The third-order valence-corrected chi connectivity index (χ3v) is 4.11. The van der Waals surface area contributed by atoms with Crippen molar-refractivity contribution in [2.24, 2.45) is 23.7 Å². The summed E-state index contributed by atoms with van der Waals surface area (Å²) >= 11 is 0. The number of esters is 1. The van der Waals surface area contributed by atoms with Crippen molar-refractivity contribution in [3.05, 3.63) is 0 Å². The first-order chi connectivity index (χ1) is 5.86. The van der Waals surface area contributed by atoms with Gasteiger partial charge in [-0.3, -0.25) is 4.79 Å². The fraction of sp³-hybridized carbons (Fsp3) is 0.889. The van der Waals surface area contributed by atoms with Gasteiger partial charge in [0.2, 0.25) is 0 Å². The Morgan fingerprint density at radius 1 is 1.17 bits per heavy atom. The summed E-state index contributed by atoms with van der Waals surface area (Å²) in [7, 11) is 0. The number of rotatable bonds is 0. The SMILES string of the molecule is O=C1OC[C@H]2[C@@H]3C[C@@H]([C@@H]4O[C@H]34)[C@@H]12. The first-order valence-corrected chi connectivity index (χ1v) is 4.68. The minimum atomic E-state index is 0.0430. The maximum Gasteiger partial charge on any atom is 0.309 e. The van der Waals surface area contributed by atoms with E-state index in [2.05, 4.69) is 0 Å². The minimum Gasteiger partial charge on any atom is -0.465 e. The smallest absolute Gasteiger partial charge is 0.309 e. The molecule has 0 spiro atoms. The Morgan fingerprint density at radius 2 is 2.00 bits per heavy atom. The summed E-state index contributed by atoms with van der Waals surface area (Å²) in [6.07, 6.45) is 2.16. The van der Waals surface area contributed by atoms with Crippen molar-refractivity contribution in [2.45, 2.75) is 18.6 Å². The molecule has 0 aromatic rings. The zero-order chi connectivity index (χ0) is 7.87. The van der Waals surface area contributed by atoms with Crippen molar-refractivity contribution in [1.29, 1.82) is 0 Å². The third-order valence-electron chi connectivity index (χ3n) is 4.11. The molecule has 2 aliphatic heterocycles. The highest BCUT2D eigenvalue weighted by atomic mass is 16.6. The first kappa shape index (κ1) is 5.97. The van der Waals surface area contributed by atoms with Crippen LogP contribution < -0.4 is 0 Å². The number of hydrogen-bond donors (Lipinski definition) is 0. The van der Waals surface area contributed by atoms with Crippen LogP contribution in [0.2, 0.25) is 0 Å². The van der Waals surface area contributed by atoms with Gasteiger partial charge in [0.15, 0.2) is 0 Å². The lowest BCUT2D eigenvalue weighted by Crippen LogP contribution is -2.28. The van der Waals surface area contributed by atoms with Gasteiger partial charge in [-0.05, 0) is 12.3 Å². The van der Waals surface area contributed by atoms with Crippen LogP contribution in [0, 0.1) is 23.7 Å². The van der Waals surface area contributed by atoms with Crippen molar-refractivity contribution in [3.63, 3.8) is 0 Å². The Labute approximate surface area is 70.0 Å². The van der Waals surface area contributed by atoms with E-state index in [4.69, 9.17) is 9.47 Å². The number of cyclic esters (lactones) is 1. The molecule has 2 saturated carbocycles. The van der Waals surface area contributed by atoms with E-state index in [-0.39, 0.29) is 11.9 Å². The van der Waals surface area contributed by atoms with E-state index in [1.165, 1.54) is 6.42 Å². The molecule has 0 aromatic carbocycles. The fourth-order valence-electron chi connectivity index (χ4n) is 3.61. The zero-order valence-electron chi connectivity index (χ0n) is 6.60. The largest absolute Gasteiger partial charge is 0.465 e. The Morgan fingerprint density at radius 3 is 2.92 bits per heavy atom. The third kappa shape index (κ3) is 0.454. The van der Waals surface area contributed by atoms with Crippen LogP contribution in [-0.2, 0) is 14.3 Å². The molecule has 2 heterocycles. The van der Waals surface area contributed by atoms with Crippen molar-refractivity contribution in [2.75, 3.05) is 6.61 Å². The zero-order valence-corrected chi connectivity index (χ0v) is 6.60. The molecule has 6 atom stereocenters. The maximum atomic E-state index is 11.3. The van der Waals surface area contributed by atoms with Crippen molar-refractivity contribution in [1.82, 2.24) is 0 Å². The molecule has 4 rings (SSSR count). The number of ether oxygens (including phenoxy) is 2. The molecule has 2 aliphatic carbocycles. The van der Waals surface area contributed by atoms with Crippen LogP contribution >= 0.6 is 0 Å². The lowest BCUT2D eigenvalue weighted by molar-refractivity contribution is -0.142. The number of hydrogen-bond acceptors (Lipinski definition) is 3. The predicted octanol–water partition coefficient (Wildman–Crippen LogP) is 0.193. The summed E-state index contributed by atoms with van der Waals surface area (Å²) in [6, 6.07) is 0.